The molecule has 0 spiro atoms. The van der Waals surface area contributed by atoms with Crippen molar-refractivity contribution in [3.63, 3.8) is 0 Å². The summed E-state index contributed by atoms with van der Waals surface area (Å²) in [5, 5.41) is 1.11. The number of nitrogens with one attached hydrogen (secondary N) is 1. The number of carbonyl (C=O) groups excluding carboxylic acids is 2. The molecule has 1 heterocycles. The Bertz CT molecular complexity index is 989. The van der Waals surface area contributed by atoms with E-state index in [2.05, 4.69) is 18.0 Å². The summed E-state index contributed by atoms with van der Waals surface area (Å²) in [6, 6.07) is 11.5. The topological polar surface area (TPSA) is 68.4 Å². The van der Waals surface area contributed by atoms with Crippen LogP contribution >= 0.6 is 0 Å². The van der Waals surface area contributed by atoms with Gasteiger partial charge in [0.25, 0.3) is 0 Å². The minimum Gasteiger partial charge on any atom is -0.496 e. The van der Waals surface area contributed by atoms with E-state index in [4.69, 9.17) is 9.47 Å². The zero-order chi connectivity index (χ0) is 20.1. The quantitative estimate of drug-likeness (QED) is 0.457. The number of methoxy groups -OCH3 is 2. The van der Waals surface area contributed by atoms with Gasteiger partial charge in [-0.05, 0) is 41.8 Å². The van der Waals surface area contributed by atoms with Crippen molar-refractivity contribution in [2.75, 3.05) is 14.2 Å². The first kappa shape index (κ1) is 19.7. The van der Waals surface area contributed by atoms with Crippen molar-refractivity contribution >= 4 is 23.2 Å². The van der Waals surface area contributed by atoms with Gasteiger partial charge >= 0.3 is 5.97 Å². The van der Waals surface area contributed by atoms with E-state index in [9.17, 15) is 9.59 Å². The van der Waals surface area contributed by atoms with Crippen molar-refractivity contribution in [2.45, 2.75) is 32.1 Å². The lowest BCUT2D eigenvalue weighted by atomic mass is 9.86. The molecule has 3 aromatic rings. The Balaban J connectivity index is 2.11. The van der Waals surface area contributed by atoms with Crippen LogP contribution in [0.5, 0.6) is 5.75 Å². The van der Waals surface area contributed by atoms with E-state index in [-0.39, 0.29) is 11.9 Å². The summed E-state index contributed by atoms with van der Waals surface area (Å²) in [4.78, 5) is 26.1. The first-order valence-electron chi connectivity index (χ1n) is 9.42. The number of carbonyl (C=O) groups is 2. The lowest BCUT2D eigenvalue weighted by Gasteiger charge is -2.20. The van der Waals surface area contributed by atoms with Gasteiger partial charge in [-0.25, -0.2) is 4.79 Å². The average molecular weight is 379 g/mol. The van der Waals surface area contributed by atoms with E-state index >= 15 is 0 Å². The fourth-order valence-electron chi connectivity index (χ4n) is 3.71. The van der Waals surface area contributed by atoms with E-state index in [0.717, 1.165) is 46.7 Å². The molecule has 3 rings (SSSR count). The van der Waals surface area contributed by atoms with Gasteiger partial charge in [-0.3, -0.25) is 0 Å². The molecular formula is C23H25NO4. The third kappa shape index (κ3) is 3.79. The molecule has 0 aliphatic carbocycles. The van der Waals surface area contributed by atoms with Crippen LogP contribution in [0.1, 0.15) is 52.7 Å². The number of aromatic nitrogens is 1. The Morgan fingerprint density at radius 1 is 1.14 bits per heavy atom. The summed E-state index contributed by atoms with van der Waals surface area (Å²) in [5.41, 5.74) is 4.68. The molecule has 0 amide bonds. The molecule has 0 fully saturated rings. The number of hydrogen-bond donors (Lipinski definition) is 1. The van der Waals surface area contributed by atoms with Crippen molar-refractivity contribution in [1.29, 1.82) is 0 Å². The Kier molecular flexibility index (Phi) is 6.14. The molecule has 0 saturated heterocycles. The van der Waals surface area contributed by atoms with Crippen molar-refractivity contribution in [3.8, 4) is 5.75 Å². The smallest absolute Gasteiger partial charge is 0.337 e. The van der Waals surface area contributed by atoms with Crippen molar-refractivity contribution in [1.82, 2.24) is 4.98 Å². The molecule has 1 aromatic heterocycles. The number of aromatic amines is 1. The van der Waals surface area contributed by atoms with Crippen molar-refractivity contribution < 1.29 is 19.1 Å². The molecule has 2 aromatic carbocycles. The van der Waals surface area contributed by atoms with Gasteiger partial charge in [0.15, 0.2) is 0 Å². The zero-order valence-electron chi connectivity index (χ0n) is 16.5. The highest BCUT2D eigenvalue weighted by Crippen LogP contribution is 2.39. The van der Waals surface area contributed by atoms with Gasteiger partial charge in [-0.1, -0.05) is 25.5 Å². The standard InChI is InChI=1S/C23H25NO4/c1-4-5-17(18-8-7-16(23(26)28-3)13-22(18)27-2)20-14-24-21-9-6-15(10-11-25)12-19(20)21/h6-9,11-14,17,24H,4-5,10H2,1-3H3. The molecule has 0 radical (unpaired) electrons. The van der Waals surface area contributed by atoms with Crippen molar-refractivity contribution in [3.05, 3.63) is 64.8 Å². The minimum atomic E-state index is -0.387. The zero-order valence-corrected chi connectivity index (χ0v) is 16.5. The van der Waals surface area contributed by atoms with Gasteiger partial charge in [-0.2, -0.15) is 0 Å². The van der Waals surface area contributed by atoms with Crippen LogP contribution in [0.4, 0.5) is 0 Å². The lowest BCUT2D eigenvalue weighted by molar-refractivity contribution is -0.107. The molecular weight excluding hydrogens is 354 g/mol. The van der Waals surface area contributed by atoms with Crippen LogP contribution in [0.25, 0.3) is 10.9 Å². The van der Waals surface area contributed by atoms with Gasteiger partial charge in [0.1, 0.15) is 12.0 Å². The Hall–Kier alpha value is -3.08. The minimum absolute atomic E-state index is 0.104. The Labute approximate surface area is 164 Å². The summed E-state index contributed by atoms with van der Waals surface area (Å²) >= 11 is 0. The second-order valence-electron chi connectivity index (χ2n) is 6.78. The summed E-state index contributed by atoms with van der Waals surface area (Å²) in [6.45, 7) is 2.15. The average Bonchev–Trinajstić information content (AvgIpc) is 3.14. The first-order valence-corrected chi connectivity index (χ1v) is 9.42. The first-order chi connectivity index (χ1) is 13.6. The fourth-order valence-corrected chi connectivity index (χ4v) is 3.71. The fraction of sp³-hybridized carbons (Fsp3) is 0.304. The SMILES string of the molecule is CCCC(c1ccc(C(=O)OC)cc1OC)c1c[nH]c2ccc(CC=O)cc12. The van der Waals surface area contributed by atoms with Crippen LogP contribution in [-0.4, -0.2) is 31.5 Å². The highest BCUT2D eigenvalue weighted by molar-refractivity contribution is 5.90. The third-order valence-electron chi connectivity index (χ3n) is 5.08. The summed E-state index contributed by atoms with van der Waals surface area (Å²) in [5.74, 6) is 0.383. The largest absolute Gasteiger partial charge is 0.496 e. The van der Waals surface area contributed by atoms with Gasteiger partial charge in [0.05, 0.1) is 19.8 Å². The van der Waals surface area contributed by atoms with E-state index in [1.807, 2.05) is 24.4 Å². The summed E-state index contributed by atoms with van der Waals surface area (Å²) in [7, 11) is 2.98. The molecule has 5 nitrogen and oxygen atoms in total. The highest BCUT2D eigenvalue weighted by atomic mass is 16.5. The van der Waals surface area contributed by atoms with Crippen LogP contribution in [0, 0.1) is 0 Å². The number of hydrogen-bond acceptors (Lipinski definition) is 4. The lowest BCUT2D eigenvalue weighted by Crippen LogP contribution is -2.06. The maximum absolute atomic E-state index is 11.9. The van der Waals surface area contributed by atoms with Crippen molar-refractivity contribution in [2.24, 2.45) is 0 Å². The monoisotopic (exact) mass is 379 g/mol. The van der Waals surface area contributed by atoms with Crippen LogP contribution in [0.3, 0.4) is 0 Å². The van der Waals surface area contributed by atoms with Crippen LogP contribution in [0.15, 0.2) is 42.6 Å². The number of benzene rings is 2. The van der Waals surface area contributed by atoms with E-state index in [0.29, 0.717) is 17.7 Å². The molecule has 28 heavy (non-hydrogen) atoms. The number of esters is 1. The number of fused-ring (bicyclic) bond motifs is 1. The Morgan fingerprint density at radius 3 is 2.64 bits per heavy atom. The molecule has 0 aliphatic rings. The third-order valence-corrected chi connectivity index (χ3v) is 5.08. The molecule has 0 aliphatic heterocycles. The summed E-state index contributed by atoms with van der Waals surface area (Å²) in [6.07, 6.45) is 5.27. The summed E-state index contributed by atoms with van der Waals surface area (Å²) < 4.78 is 10.4. The molecule has 146 valence electrons. The number of ether oxygens (including phenoxy) is 2. The maximum Gasteiger partial charge on any atom is 0.337 e. The van der Waals surface area contributed by atoms with E-state index in [1.165, 1.54) is 7.11 Å². The number of aldehydes is 1. The van der Waals surface area contributed by atoms with Gasteiger partial charge < -0.3 is 19.3 Å². The van der Waals surface area contributed by atoms with E-state index < -0.39 is 0 Å². The number of rotatable bonds is 8. The molecule has 1 atom stereocenters. The molecule has 1 unspecified atom stereocenters. The predicted molar refractivity (Wildman–Crippen MR) is 109 cm³/mol. The van der Waals surface area contributed by atoms with Crippen LogP contribution in [0.2, 0.25) is 0 Å². The normalized spacial score (nSPS) is 12.0. The highest BCUT2D eigenvalue weighted by Gasteiger charge is 2.22. The molecule has 5 heteroatoms. The van der Waals surface area contributed by atoms with Gasteiger partial charge in [-0.15, -0.1) is 0 Å². The molecule has 1 N–H and O–H groups in total. The van der Waals surface area contributed by atoms with Crippen LogP contribution in [-0.2, 0) is 16.0 Å². The maximum atomic E-state index is 11.9. The van der Waals surface area contributed by atoms with E-state index in [1.54, 1.807) is 19.2 Å². The predicted octanol–water partition coefficient (Wildman–Crippen LogP) is 4.64. The van der Waals surface area contributed by atoms with Crippen LogP contribution < -0.4 is 4.74 Å². The molecule has 0 bridgehead atoms. The van der Waals surface area contributed by atoms with Gasteiger partial charge in [0.2, 0.25) is 0 Å². The Morgan fingerprint density at radius 2 is 1.96 bits per heavy atom. The van der Waals surface area contributed by atoms with Gasteiger partial charge in [0, 0.05) is 35.0 Å². The molecule has 0 saturated carbocycles. The second-order valence-corrected chi connectivity index (χ2v) is 6.78. The second kappa shape index (κ2) is 8.74. The number of H-pyrrole nitrogens is 1.